The number of aromatic amines is 1. The fraction of sp³-hybridized carbons (Fsp3) is 0.333. The molecule has 1 saturated heterocycles. The predicted molar refractivity (Wildman–Crippen MR) is 128 cm³/mol. The molecule has 1 aliphatic heterocycles. The number of rotatable bonds is 5. The highest BCUT2D eigenvalue weighted by atomic mass is 35.5. The summed E-state index contributed by atoms with van der Waals surface area (Å²) in [7, 11) is -3.63. The minimum absolute atomic E-state index is 0.0296. The van der Waals surface area contributed by atoms with Crippen LogP contribution in [-0.4, -0.2) is 52.4 Å². The quantitative estimate of drug-likeness (QED) is 0.456. The highest BCUT2D eigenvalue weighted by Crippen LogP contribution is 2.30. The van der Waals surface area contributed by atoms with Gasteiger partial charge in [-0.3, -0.25) is 4.79 Å². The Labute approximate surface area is 197 Å². The van der Waals surface area contributed by atoms with Crippen molar-refractivity contribution in [3.8, 4) is 0 Å². The van der Waals surface area contributed by atoms with Crippen molar-refractivity contribution in [2.75, 3.05) is 18.8 Å². The summed E-state index contributed by atoms with van der Waals surface area (Å²) >= 11 is 6.06. The van der Waals surface area contributed by atoms with Crippen LogP contribution in [0.1, 0.15) is 36.4 Å². The van der Waals surface area contributed by atoms with Crippen LogP contribution in [0.4, 0.5) is 0 Å². The molecule has 33 heavy (non-hydrogen) atoms. The van der Waals surface area contributed by atoms with Crippen LogP contribution in [-0.2, 0) is 14.6 Å². The number of pyridine rings is 1. The standard InChI is InChI=1S/C24H25ClN4O3S/c1-16-19-14-18(25)5-6-20(19)27-24(16)33(31,32)13-9-23(30)28-11-7-17(8-12-28)21-15-26-22-4-2-3-10-29(21)22/h2-6,10,14-15,17,27H,7-9,11-13H2,1H3. The lowest BCUT2D eigenvalue weighted by atomic mass is 9.93. The van der Waals surface area contributed by atoms with Crippen LogP contribution in [0.3, 0.4) is 0 Å². The maximum Gasteiger partial charge on any atom is 0.223 e. The second-order valence-electron chi connectivity index (χ2n) is 8.60. The van der Waals surface area contributed by atoms with E-state index in [4.69, 9.17) is 11.6 Å². The van der Waals surface area contributed by atoms with Crippen LogP contribution in [0, 0.1) is 6.92 Å². The molecule has 1 fully saturated rings. The molecule has 1 aliphatic rings. The number of carbonyl (C=O) groups excluding carboxylic acids is 1. The second kappa shape index (κ2) is 8.50. The number of nitrogens with one attached hydrogen (secondary N) is 1. The molecule has 0 spiro atoms. The Kier molecular flexibility index (Phi) is 5.66. The van der Waals surface area contributed by atoms with Gasteiger partial charge in [0.2, 0.25) is 5.91 Å². The van der Waals surface area contributed by atoms with E-state index in [2.05, 4.69) is 14.4 Å². The fourth-order valence-electron chi connectivity index (χ4n) is 4.75. The summed E-state index contributed by atoms with van der Waals surface area (Å²) in [6.07, 6.45) is 5.57. The molecule has 4 heterocycles. The molecular weight excluding hydrogens is 460 g/mol. The van der Waals surface area contributed by atoms with Gasteiger partial charge in [0.15, 0.2) is 9.84 Å². The molecule has 4 aromatic rings. The Morgan fingerprint density at radius 2 is 2.00 bits per heavy atom. The van der Waals surface area contributed by atoms with Gasteiger partial charge in [-0.2, -0.15) is 0 Å². The fourth-order valence-corrected chi connectivity index (χ4v) is 6.41. The number of benzene rings is 1. The van der Waals surface area contributed by atoms with Gasteiger partial charge in [-0.25, -0.2) is 13.4 Å². The van der Waals surface area contributed by atoms with Crippen LogP contribution < -0.4 is 0 Å². The highest BCUT2D eigenvalue weighted by molar-refractivity contribution is 7.91. The number of amides is 1. The number of aryl methyl sites for hydroxylation is 1. The largest absolute Gasteiger partial charge is 0.345 e. The number of hydrogen-bond acceptors (Lipinski definition) is 4. The van der Waals surface area contributed by atoms with Crippen molar-refractivity contribution < 1.29 is 13.2 Å². The maximum atomic E-state index is 13.0. The van der Waals surface area contributed by atoms with Crippen molar-refractivity contribution in [2.45, 2.75) is 37.1 Å². The number of likely N-dealkylation sites (tertiary alicyclic amines) is 1. The molecule has 0 bridgehead atoms. The average molecular weight is 485 g/mol. The molecule has 0 saturated carbocycles. The zero-order valence-corrected chi connectivity index (χ0v) is 19.9. The van der Waals surface area contributed by atoms with Crippen molar-refractivity contribution in [2.24, 2.45) is 0 Å². The van der Waals surface area contributed by atoms with Gasteiger partial charge in [0, 0.05) is 59.4 Å². The molecule has 7 nitrogen and oxygen atoms in total. The zero-order chi connectivity index (χ0) is 23.2. The molecule has 3 aromatic heterocycles. The summed E-state index contributed by atoms with van der Waals surface area (Å²) in [5.74, 6) is -0.0107. The van der Waals surface area contributed by atoms with Gasteiger partial charge < -0.3 is 14.3 Å². The SMILES string of the molecule is Cc1c(S(=O)(=O)CCC(=O)N2CCC(c3cnc4ccccn34)CC2)[nH]c2ccc(Cl)cc12. The third-order valence-corrected chi connectivity index (χ3v) is 8.59. The van der Waals surface area contributed by atoms with Crippen molar-refractivity contribution in [3.05, 3.63) is 65.1 Å². The predicted octanol–water partition coefficient (Wildman–Crippen LogP) is 4.35. The van der Waals surface area contributed by atoms with E-state index in [1.54, 1.807) is 30.0 Å². The minimum Gasteiger partial charge on any atom is -0.345 e. The van der Waals surface area contributed by atoms with Gasteiger partial charge in [-0.15, -0.1) is 0 Å². The lowest BCUT2D eigenvalue weighted by Gasteiger charge is -2.32. The number of nitrogens with zero attached hydrogens (tertiary/aromatic N) is 3. The molecule has 5 rings (SSSR count). The molecule has 0 unspecified atom stereocenters. The van der Waals surface area contributed by atoms with Gasteiger partial charge in [0.25, 0.3) is 0 Å². The van der Waals surface area contributed by atoms with E-state index in [9.17, 15) is 13.2 Å². The molecular formula is C24H25ClN4O3S. The maximum absolute atomic E-state index is 13.0. The van der Waals surface area contributed by atoms with Crippen molar-refractivity contribution in [1.29, 1.82) is 0 Å². The number of fused-ring (bicyclic) bond motifs is 2. The third-order valence-electron chi connectivity index (χ3n) is 6.58. The van der Waals surface area contributed by atoms with Crippen molar-refractivity contribution in [1.82, 2.24) is 19.3 Å². The van der Waals surface area contributed by atoms with Gasteiger partial charge in [0.1, 0.15) is 10.7 Å². The summed E-state index contributed by atoms with van der Waals surface area (Å²) in [4.78, 5) is 22.0. The normalized spacial score (nSPS) is 15.5. The van der Waals surface area contributed by atoms with Crippen LogP contribution >= 0.6 is 11.6 Å². The molecule has 1 N–H and O–H groups in total. The smallest absolute Gasteiger partial charge is 0.223 e. The molecule has 1 amide bonds. The molecule has 172 valence electrons. The average Bonchev–Trinajstić information content (AvgIpc) is 3.39. The molecule has 9 heteroatoms. The lowest BCUT2D eigenvalue weighted by Crippen LogP contribution is -2.38. The van der Waals surface area contributed by atoms with E-state index in [0.29, 0.717) is 29.6 Å². The first kappa shape index (κ1) is 22.0. The number of sulfone groups is 1. The van der Waals surface area contributed by atoms with Crippen LogP contribution in [0.5, 0.6) is 0 Å². The highest BCUT2D eigenvalue weighted by Gasteiger charge is 2.28. The first-order chi connectivity index (χ1) is 15.8. The number of carbonyl (C=O) groups is 1. The number of H-pyrrole nitrogens is 1. The Morgan fingerprint density at radius 3 is 2.79 bits per heavy atom. The van der Waals surface area contributed by atoms with Gasteiger partial charge >= 0.3 is 0 Å². The Morgan fingerprint density at radius 1 is 1.21 bits per heavy atom. The molecule has 0 aliphatic carbocycles. The second-order valence-corrected chi connectivity index (χ2v) is 11.1. The van der Waals surface area contributed by atoms with E-state index >= 15 is 0 Å². The number of piperidine rings is 1. The third kappa shape index (κ3) is 4.13. The zero-order valence-electron chi connectivity index (χ0n) is 18.3. The number of imidazole rings is 1. The van der Waals surface area contributed by atoms with E-state index in [1.165, 1.54) is 0 Å². The summed E-state index contributed by atoms with van der Waals surface area (Å²) < 4.78 is 28.1. The molecule has 0 atom stereocenters. The summed E-state index contributed by atoms with van der Waals surface area (Å²) in [5, 5.41) is 1.50. The summed E-state index contributed by atoms with van der Waals surface area (Å²) in [6, 6.07) is 11.2. The van der Waals surface area contributed by atoms with Gasteiger partial charge in [-0.05, 0) is 55.7 Å². The number of hydrogen-bond donors (Lipinski definition) is 1. The van der Waals surface area contributed by atoms with Crippen molar-refractivity contribution >= 4 is 43.9 Å². The van der Waals surface area contributed by atoms with Crippen LogP contribution in [0.15, 0.2) is 53.8 Å². The Hall–Kier alpha value is -2.84. The lowest BCUT2D eigenvalue weighted by molar-refractivity contribution is -0.131. The number of halogens is 1. The first-order valence-electron chi connectivity index (χ1n) is 11.0. The van der Waals surface area contributed by atoms with E-state index in [-0.39, 0.29) is 23.1 Å². The number of aromatic nitrogens is 3. The summed E-state index contributed by atoms with van der Waals surface area (Å²) in [6.45, 7) is 3.00. The Balaban J connectivity index is 1.22. The van der Waals surface area contributed by atoms with Crippen LogP contribution in [0.2, 0.25) is 5.02 Å². The molecule has 0 radical (unpaired) electrons. The van der Waals surface area contributed by atoms with Gasteiger partial charge in [0.05, 0.1) is 5.75 Å². The van der Waals surface area contributed by atoms with E-state index in [1.807, 2.05) is 30.6 Å². The topological polar surface area (TPSA) is 87.5 Å². The van der Waals surface area contributed by atoms with Gasteiger partial charge in [-0.1, -0.05) is 17.7 Å². The summed E-state index contributed by atoms with van der Waals surface area (Å²) in [5.41, 5.74) is 3.44. The van der Waals surface area contributed by atoms with Crippen molar-refractivity contribution in [3.63, 3.8) is 0 Å². The van der Waals surface area contributed by atoms with E-state index in [0.717, 1.165) is 35.1 Å². The van der Waals surface area contributed by atoms with Crippen LogP contribution in [0.25, 0.3) is 16.6 Å². The first-order valence-corrected chi connectivity index (χ1v) is 13.1. The van der Waals surface area contributed by atoms with E-state index < -0.39 is 9.84 Å². The minimum atomic E-state index is -3.63. The Bertz CT molecular complexity index is 1450. The molecule has 1 aromatic carbocycles. The monoisotopic (exact) mass is 484 g/mol.